The van der Waals surface area contributed by atoms with Crippen LogP contribution in [0.3, 0.4) is 0 Å². The van der Waals surface area contributed by atoms with E-state index >= 15 is 0 Å². The van der Waals surface area contributed by atoms with Gasteiger partial charge in [-0.15, -0.1) is 0 Å². The normalized spacial score (nSPS) is 14.7. The minimum absolute atomic E-state index is 0.0586. The number of ether oxygens (including phenoxy) is 1. The van der Waals surface area contributed by atoms with E-state index in [1.165, 1.54) is 24.1 Å². The van der Waals surface area contributed by atoms with Crippen LogP contribution in [0.15, 0.2) is 89.8 Å². The van der Waals surface area contributed by atoms with Gasteiger partial charge in [0.25, 0.3) is 10.0 Å². The van der Waals surface area contributed by atoms with E-state index in [0.717, 1.165) is 42.0 Å². The van der Waals surface area contributed by atoms with E-state index in [1.807, 2.05) is 30.3 Å². The van der Waals surface area contributed by atoms with Gasteiger partial charge in [-0.2, -0.15) is 0 Å². The molecule has 212 valence electrons. The Kier molecular flexibility index (Phi) is 9.82. The number of hydrogen-bond acceptors (Lipinski definition) is 5. The van der Waals surface area contributed by atoms with Crippen LogP contribution in [0.2, 0.25) is 0 Å². The van der Waals surface area contributed by atoms with Gasteiger partial charge in [0.1, 0.15) is 18.3 Å². The molecule has 8 nitrogen and oxygen atoms in total. The quantitative estimate of drug-likeness (QED) is 0.363. The number of hydrogen-bond donors (Lipinski definition) is 1. The van der Waals surface area contributed by atoms with Crippen molar-refractivity contribution in [3.8, 4) is 5.75 Å². The molecule has 0 heterocycles. The zero-order valence-electron chi connectivity index (χ0n) is 23.0. The molecular formula is C31H37N3O5S. The summed E-state index contributed by atoms with van der Waals surface area (Å²) in [5.74, 6) is -0.271. The maximum absolute atomic E-state index is 14.0. The highest BCUT2D eigenvalue weighted by molar-refractivity contribution is 7.92. The van der Waals surface area contributed by atoms with Gasteiger partial charge in [0.15, 0.2) is 0 Å². The van der Waals surface area contributed by atoms with Crippen LogP contribution in [-0.4, -0.2) is 50.9 Å². The van der Waals surface area contributed by atoms with E-state index in [2.05, 4.69) is 5.32 Å². The third-order valence-corrected chi connectivity index (χ3v) is 9.05. The summed E-state index contributed by atoms with van der Waals surface area (Å²) in [5, 5.41) is 3.11. The first-order valence-corrected chi connectivity index (χ1v) is 15.1. The minimum atomic E-state index is -4.12. The Labute approximate surface area is 237 Å². The molecular weight excluding hydrogens is 526 g/mol. The molecule has 1 unspecified atom stereocenters. The lowest BCUT2D eigenvalue weighted by molar-refractivity contribution is -0.139. The van der Waals surface area contributed by atoms with Crippen molar-refractivity contribution in [3.63, 3.8) is 0 Å². The van der Waals surface area contributed by atoms with Crippen molar-refractivity contribution in [1.29, 1.82) is 0 Å². The Morgan fingerprint density at radius 3 is 2.23 bits per heavy atom. The third-order valence-electron chi connectivity index (χ3n) is 7.27. The molecule has 1 N–H and O–H groups in total. The third kappa shape index (κ3) is 7.21. The molecule has 4 rings (SSSR count). The Morgan fingerprint density at radius 1 is 0.925 bits per heavy atom. The molecule has 3 aromatic carbocycles. The van der Waals surface area contributed by atoms with Gasteiger partial charge in [-0.1, -0.05) is 73.9 Å². The SMILES string of the molecule is COc1cccc(N(CC(=O)N(Cc2ccccc2)C(C)C(=O)NC2CCCCC2)S(=O)(=O)c2ccccc2)c1. The Bertz CT molecular complexity index is 1380. The number of nitrogens with one attached hydrogen (secondary N) is 1. The second-order valence-electron chi connectivity index (χ2n) is 10.1. The summed E-state index contributed by atoms with van der Waals surface area (Å²) in [5.41, 5.74) is 1.13. The van der Waals surface area contributed by atoms with Crippen molar-refractivity contribution in [1.82, 2.24) is 10.2 Å². The molecule has 0 bridgehead atoms. The van der Waals surface area contributed by atoms with Crippen LogP contribution in [0, 0.1) is 0 Å². The summed E-state index contributed by atoms with van der Waals surface area (Å²) < 4.78 is 34.1. The fraction of sp³-hybridized carbons (Fsp3) is 0.355. The standard InChI is InChI=1S/C31H37N3O5S/c1-24(31(36)32-26-15-8-4-9-16-26)33(22-25-13-6-3-7-14-25)30(35)23-34(27-17-12-18-28(21-27)39-2)40(37,38)29-19-10-5-11-20-29/h3,5-7,10-14,17-21,24,26H,4,8-9,15-16,22-23H2,1-2H3,(H,32,36). The number of anilines is 1. The summed E-state index contributed by atoms with van der Waals surface area (Å²) in [6, 6.07) is 23.2. The van der Waals surface area contributed by atoms with Crippen molar-refractivity contribution in [2.45, 2.75) is 62.6 Å². The highest BCUT2D eigenvalue weighted by Gasteiger charge is 2.33. The molecule has 0 aliphatic heterocycles. The number of methoxy groups -OCH3 is 1. The van der Waals surface area contributed by atoms with E-state index in [0.29, 0.717) is 5.75 Å². The molecule has 3 aromatic rings. The van der Waals surface area contributed by atoms with Crippen LogP contribution in [0.4, 0.5) is 5.69 Å². The molecule has 40 heavy (non-hydrogen) atoms. The van der Waals surface area contributed by atoms with Gasteiger partial charge in [0.2, 0.25) is 11.8 Å². The molecule has 2 amide bonds. The zero-order valence-corrected chi connectivity index (χ0v) is 23.8. The summed E-state index contributed by atoms with van der Waals surface area (Å²) in [6.45, 7) is 1.37. The fourth-order valence-corrected chi connectivity index (χ4v) is 6.37. The van der Waals surface area contributed by atoms with E-state index in [-0.39, 0.29) is 29.1 Å². The molecule has 1 fully saturated rings. The van der Waals surface area contributed by atoms with E-state index in [1.54, 1.807) is 49.4 Å². The Morgan fingerprint density at radius 2 is 1.57 bits per heavy atom. The summed E-state index contributed by atoms with van der Waals surface area (Å²) in [6.07, 6.45) is 5.14. The number of rotatable bonds is 11. The van der Waals surface area contributed by atoms with Crippen LogP contribution in [0.5, 0.6) is 5.75 Å². The second kappa shape index (κ2) is 13.5. The monoisotopic (exact) mass is 563 g/mol. The molecule has 1 atom stereocenters. The largest absolute Gasteiger partial charge is 0.497 e. The summed E-state index contributed by atoms with van der Waals surface area (Å²) in [7, 11) is -2.62. The van der Waals surface area contributed by atoms with Crippen molar-refractivity contribution in [2.24, 2.45) is 0 Å². The number of carbonyl (C=O) groups excluding carboxylic acids is 2. The maximum Gasteiger partial charge on any atom is 0.264 e. The predicted octanol–water partition coefficient (Wildman–Crippen LogP) is 4.76. The Hall–Kier alpha value is -3.85. The van der Waals surface area contributed by atoms with Crippen LogP contribution >= 0.6 is 0 Å². The molecule has 0 saturated heterocycles. The second-order valence-corrected chi connectivity index (χ2v) is 11.9. The van der Waals surface area contributed by atoms with Crippen molar-refractivity contribution >= 4 is 27.5 Å². The van der Waals surface area contributed by atoms with Gasteiger partial charge < -0.3 is 15.0 Å². The predicted molar refractivity (Wildman–Crippen MR) is 155 cm³/mol. The zero-order chi connectivity index (χ0) is 28.5. The lowest BCUT2D eigenvalue weighted by Gasteiger charge is -2.33. The molecule has 0 radical (unpaired) electrons. The van der Waals surface area contributed by atoms with Gasteiger partial charge in [-0.25, -0.2) is 8.42 Å². The highest BCUT2D eigenvalue weighted by atomic mass is 32.2. The topological polar surface area (TPSA) is 96.0 Å². The van der Waals surface area contributed by atoms with Gasteiger partial charge >= 0.3 is 0 Å². The maximum atomic E-state index is 14.0. The van der Waals surface area contributed by atoms with E-state index in [9.17, 15) is 18.0 Å². The first kappa shape index (κ1) is 29.1. The fourth-order valence-electron chi connectivity index (χ4n) is 4.95. The van der Waals surface area contributed by atoms with Crippen LogP contribution in [0.1, 0.15) is 44.6 Å². The number of benzene rings is 3. The van der Waals surface area contributed by atoms with E-state index < -0.39 is 28.5 Å². The summed E-state index contributed by atoms with van der Waals surface area (Å²) in [4.78, 5) is 28.9. The van der Waals surface area contributed by atoms with Crippen molar-refractivity contribution in [3.05, 3.63) is 90.5 Å². The first-order chi connectivity index (χ1) is 19.3. The number of nitrogens with zero attached hydrogens (tertiary/aromatic N) is 2. The van der Waals surface area contributed by atoms with E-state index in [4.69, 9.17) is 4.74 Å². The minimum Gasteiger partial charge on any atom is -0.497 e. The number of sulfonamides is 1. The highest BCUT2D eigenvalue weighted by Crippen LogP contribution is 2.27. The average molecular weight is 564 g/mol. The van der Waals surface area contributed by atoms with Crippen molar-refractivity contribution in [2.75, 3.05) is 18.0 Å². The van der Waals surface area contributed by atoms with Crippen LogP contribution in [-0.2, 0) is 26.2 Å². The summed E-state index contributed by atoms with van der Waals surface area (Å²) >= 11 is 0. The lowest BCUT2D eigenvalue weighted by atomic mass is 9.95. The molecule has 9 heteroatoms. The average Bonchev–Trinajstić information content (AvgIpc) is 2.99. The van der Waals surface area contributed by atoms with Crippen LogP contribution in [0.25, 0.3) is 0 Å². The Balaban J connectivity index is 1.66. The molecule has 0 spiro atoms. The smallest absolute Gasteiger partial charge is 0.264 e. The molecule has 0 aromatic heterocycles. The van der Waals surface area contributed by atoms with Gasteiger partial charge in [0, 0.05) is 18.7 Å². The van der Waals surface area contributed by atoms with Crippen LogP contribution < -0.4 is 14.4 Å². The molecule has 1 saturated carbocycles. The molecule has 1 aliphatic carbocycles. The van der Waals surface area contributed by atoms with Gasteiger partial charge in [0.05, 0.1) is 17.7 Å². The van der Waals surface area contributed by atoms with Gasteiger partial charge in [-0.3, -0.25) is 13.9 Å². The first-order valence-electron chi connectivity index (χ1n) is 13.6. The van der Waals surface area contributed by atoms with Gasteiger partial charge in [-0.05, 0) is 49.6 Å². The number of carbonyl (C=O) groups is 2. The molecule has 1 aliphatic rings. The lowest BCUT2D eigenvalue weighted by Crippen LogP contribution is -2.53. The number of amides is 2. The van der Waals surface area contributed by atoms with Crippen molar-refractivity contribution < 1.29 is 22.7 Å².